The summed E-state index contributed by atoms with van der Waals surface area (Å²) in [6.45, 7) is 9.90. The molecule has 8 unspecified atom stereocenters. The van der Waals surface area contributed by atoms with Crippen LogP contribution in [0.1, 0.15) is 106 Å². The largest absolute Gasteiger partial charge is 0.369 e. The topological polar surface area (TPSA) is 72.8 Å². The van der Waals surface area contributed by atoms with Gasteiger partial charge in [-0.25, -0.2) is 0 Å². The average molecular weight is 755 g/mol. The van der Waals surface area contributed by atoms with E-state index in [2.05, 4.69) is 169 Å². The molecule has 0 saturated carbocycles. The van der Waals surface area contributed by atoms with E-state index in [1.165, 1.54) is 39.8 Å². The Morgan fingerprint density at radius 2 is 1.67 bits per heavy atom. The fourth-order valence-electron chi connectivity index (χ4n) is 9.74. The number of aliphatic imine (C=N–C) groups is 2. The van der Waals surface area contributed by atoms with Crippen LogP contribution >= 0.6 is 0 Å². The molecule has 6 heteroatoms. The van der Waals surface area contributed by atoms with Crippen LogP contribution in [0.3, 0.4) is 0 Å². The number of hydrogen-bond donors (Lipinski definition) is 4. The lowest BCUT2D eigenvalue weighted by Crippen LogP contribution is -2.50. The van der Waals surface area contributed by atoms with E-state index in [1.54, 1.807) is 0 Å². The summed E-state index contributed by atoms with van der Waals surface area (Å²) in [6.07, 6.45) is 38.0. The van der Waals surface area contributed by atoms with Gasteiger partial charge in [-0.1, -0.05) is 135 Å². The number of hydrogen-bond acceptors (Lipinski definition) is 6. The average Bonchev–Trinajstić information content (AvgIpc) is 3.71. The van der Waals surface area contributed by atoms with Gasteiger partial charge in [-0.3, -0.25) is 20.6 Å². The van der Waals surface area contributed by atoms with Crippen LogP contribution in [0.15, 0.2) is 161 Å². The van der Waals surface area contributed by atoms with Crippen molar-refractivity contribution in [3.63, 3.8) is 0 Å². The molecule has 2 aromatic carbocycles. The second-order valence-corrected chi connectivity index (χ2v) is 17.3. The number of nitrogens with zero attached hydrogens (tertiary/aromatic N) is 2. The van der Waals surface area contributed by atoms with Gasteiger partial charge in [-0.2, -0.15) is 0 Å². The Morgan fingerprint density at radius 3 is 2.42 bits per heavy atom. The molecule has 3 heterocycles. The Balaban J connectivity index is 0.968. The molecule has 3 aliphatic heterocycles. The van der Waals surface area contributed by atoms with Crippen LogP contribution < -0.4 is 21.3 Å². The first-order valence-electron chi connectivity index (χ1n) is 21.4. The number of nitrogens with one attached hydrogen (secondary N) is 4. The molecule has 292 valence electrons. The summed E-state index contributed by atoms with van der Waals surface area (Å²) in [6, 6.07) is 18.5. The molecule has 0 bridgehead atoms. The predicted molar refractivity (Wildman–Crippen MR) is 238 cm³/mol. The van der Waals surface area contributed by atoms with Crippen molar-refractivity contribution in [1.29, 1.82) is 0 Å². The zero-order chi connectivity index (χ0) is 38.8. The summed E-state index contributed by atoms with van der Waals surface area (Å²) in [7, 11) is 0. The number of rotatable bonds is 8. The maximum Gasteiger partial charge on any atom is 0.145 e. The first-order chi connectivity index (χ1) is 27.9. The van der Waals surface area contributed by atoms with E-state index >= 15 is 0 Å². The summed E-state index contributed by atoms with van der Waals surface area (Å²) in [5.41, 5.74) is 10.7. The van der Waals surface area contributed by atoms with Gasteiger partial charge in [-0.15, -0.1) is 0 Å². The highest BCUT2D eigenvalue weighted by Crippen LogP contribution is 2.38. The Hall–Kier alpha value is -5.04. The third-order valence-electron chi connectivity index (χ3n) is 13.0. The molecule has 0 radical (unpaired) electrons. The maximum absolute atomic E-state index is 5.51. The smallest absolute Gasteiger partial charge is 0.145 e. The van der Waals surface area contributed by atoms with Crippen LogP contribution in [-0.2, 0) is 0 Å². The van der Waals surface area contributed by atoms with E-state index in [0.29, 0.717) is 24.3 Å². The minimum atomic E-state index is -0.372. The van der Waals surface area contributed by atoms with Gasteiger partial charge in [0.25, 0.3) is 0 Å². The van der Waals surface area contributed by atoms with Gasteiger partial charge >= 0.3 is 0 Å². The molecular formula is C51H58N6. The molecule has 0 aromatic heterocycles. The van der Waals surface area contributed by atoms with Crippen molar-refractivity contribution in [3.05, 3.63) is 173 Å². The lowest BCUT2D eigenvalue weighted by atomic mass is 9.80. The Bertz CT molecular complexity index is 2150. The van der Waals surface area contributed by atoms with Crippen molar-refractivity contribution < 1.29 is 0 Å². The van der Waals surface area contributed by atoms with Gasteiger partial charge < -0.3 is 10.6 Å². The van der Waals surface area contributed by atoms with E-state index in [1.807, 2.05) is 0 Å². The highest BCUT2D eigenvalue weighted by molar-refractivity contribution is 6.43. The molecule has 57 heavy (non-hydrogen) atoms. The number of benzene rings is 2. The quantitative estimate of drug-likeness (QED) is 0.203. The summed E-state index contributed by atoms with van der Waals surface area (Å²) in [4.78, 5) is 10.8. The van der Waals surface area contributed by atoms with Gasteiger partial charge in [0.1, 0.15) is 12.0 Å². The van der Waals surface area contributed by atoms with Crippen molar-refractivity contribution in [2.75, 3.05) is 6.54 Å². The van der Waals surface area contributed by atoms with E-state index in [9.17, 15) is 0 Å². The SMILES string of the molecule is C=C1CC(C)(C2=CC=CCC2)N=C(C2=NC(c3ccc(C4=CC(c5ccc(C6CC=CC(C)C6)cc5)NC(C5C=CC=CC5)N4)cc3)NC2)NC1C1=CCCC=C1. The minimum absolute atomic E-state index is 0.0116. The van der Waals surface area contributed by atoms with Gasteiger partial charge in [0.05, 0.1) is 29.5 Å². The fraction of sp³-hybridized carbons (Fsp3) is 0.373. The lowest BCUT2D eigenvalue weighted by molar-refractivity contribution is 0.346. The van der Waals surface area contributed by atoms with Crippen LogP contribution in [0.2, 0.25) is 0 Å². The maximum atomic E-state index is 5.51. The highest BCUT2D eigenvalue weighted by Gasteiger charge is 2.38. The van der Waals surface area contributed by atoms with Crippen molar-refractivity contribution in [2.24, 2.45) is 21.8 Å². The molecule has 2 aromatic rings. The molecule has 6 nitrogen and oxygen atoms in total. The molecule has 0 saturated heterocycles. The van der Waals surface area contributed by atoms with Crippen molar-refractivity contribution in [3.8, 4) is 0 Å². The predicted octanol–water partition coefficient (Wildman–Crippen LogP) is 10.2. The lowest BCUT2D eigenvalue weighted by Gasteiger charge is -2.37. The molecule has 9 rings (SSSR count). The zero-order valence-electron chi connectivity index (χ0n) is 33.6. The third kappa shape index (κ3) is 8.21. The Labute approximate surface area is 339 Å². The summed E-state index contributed by atoms with van der Waals surface area (Å²) >= 11 is 0. The van der Waals surface area contributed by atoms with Crippen LogP contribution in [0.25, 0.3) is 5.70 Å². The fourth-order valence-corrected chi connectivity index (χ4v) is 9.74. The summed E-state index contributed by atoms with van der Waals surface area (Å²) < 4.78 is 0. The second kappa shape index (κ2) is 16.4. The molecule has 0 fully saturated rings. The Kier molecular flexibility index (Phi) is 10.8. The van der Waals surface area contributed by atoms with E-state index in [0.717, 1.165) is 67.8 Å². The van der Waals surface area contributed by atoms with E-state index in [-0.39, 0.29) is 30.0 Å². The molecular weight excluding hydrogens is 697 g/mol. The first-order valence-corrected chi connectivity index (χ1v) is 21.4. The van der Waals surface area contributed by atoms with Gasteiger partial charge in [0.2, 0.25) is 0 Å². The monoisotopic (exact) mass is 754 g/mol. The number of allylic oxidation sites excluding steroid dienone is 10. The number of amidine groups is 1. The van der Waals surface area contributed by atoms with Crippen molar-refractivity contribution in [1.82, 2.24) is 21.3 Å². The Morgan fingerprint density at radius 1 is 0.825 bits per heavy atom. The van der Waals surface area contributed by atoms with Crippen molar-refractivity contribution >= 4 is 17.2 Å². The van der Waals surface area contributed by atoms with Gasteiger partial charge in [0.15, 0.2) is 0 Å². The summed E-state index contributed by atoms with van der Waals surface area (Å²) in [5, 5.41) is 15.4. The van der Waals surface area contributed by atoms with Gasteiger partial charge in [0, 0.05) is 18.2 Å². The van der Waals surface area contributed by atoms with Gasteiger partial charge in [-0.05, 0) is 115 Å². The molecule has 4 aliphatic carbocycles. The molecule has 8 atom stereocenters. The zero-order valence-corrected chi connectivity index (χ0v) is 33.6. The molecule has 0 spiro atoms. The van der Waals surface area contributed by atoms with Crippen LogP contribution in [0.4, 0.5) is 0 Å². The van der Waals surface area contributed by atoms with Crippen LogP contribution in [0.5, 0.6) is 0 Å². The van der Waals surface area contributed by atoms with Crippen molar-refractivity contribution in [2.45, 2.75) is 101 Å². The minimum Gasteiger partial charge on any atom is -0.369 e. The molecule has 0 amide bonds. The van der Waals surface area contributed by atoms with E-state index in [4.69, 9.17) is 9.98 Å². The van der Waals surface area contributed by atoms with E-state index < -0.39 is 0 Å². The normalized spacial score (nSPS) is 32.4. The molecule has 7 aliphatic rings. The van der Waals surface area contributed by atoms with Crippen LogP contribution in [-0.4, -0.2) is 35.8 Å². The standard InChI is InChI=1S/C51H58N6/c1-34-14-13-19-42(30-34)36-22-24-37(25-23-36)44-31-45(54-49(53-44)40-17-9-5-10-18-40)38-26-28-41(29-27-38)48-52-33-46(55-48)50-56-47(39-15-7-4-8-16-39)35(2)32-51(3,57-50)43-20-11-6-12-21-43/h5-7,9-11,13-17,20,22-29,31,34,40,42,44,47-49,52-54H,2,4,8,12,18-19,21,30,32-33H2,1,3H3,(H,56,57). The summed E-state index contributed by atoms with van der Waals surface area (Å²) in [5.74, 6) is 2.49. The third-order valence-corrected chi connectivity index (χ3v) is 13.0. The highest BCUT2D eigenvalue weighted by atomic mass is 15.2. The molecule has 4 N–H and O–H groups in total. The second-order valence-electron chi connectivity index (χ2n) is 17.3. The van der Waals surface area contributed by atoms with Crippen LogP contribution in [0, 0.1) is 11.8 Å². The first kappa shape index (κ1) is 37.5.